The van der Waals surface area contributed by atoms with Crippen LogP contribution >= 0.6 is 23.4 Å². The fourth-order valence-electron chi connectivity index (χ4n) is 3.32. The number of para-hydroxylation sites is 1. The maximum atomic E-state index is 13.3. The zero-order valence-electron chi connectivity index (χ0n) is 18.1. The van der Waals surface area contributed by atoms with Crippen molar-refractivity contribution in [2.24, 2.45) is 0 Å². The highest BCUT2D eigenvalue weighted by atomic mass is 35.5. The Balaban J connectivity index is 1.58. The van der Waals surface area contributed by atoms with Crippen molar-refractivity contribution in [1.82, 2.24) is 9.55 Å². The minimum atomic E-state index is -0.288. The number of nitrogens with one attached hydrogen (secondary N) is 1. The van der Waals surface area contributed by atoms with Gasteiger partial charge < -0.3 is 10.1 Å². The number of nitriles is 1. The van der Waals surface area contributed by atoms with Crippen molar-refractivity contribution in [1.29, 1.82) is 5.26 Å². The van der Waals surface area contributed by atoms with Gasteiger partial charge in [0.2, 0.25) is 5.91 Å². The maximum Gasteiger partial charge on any atom is 0.262 e. The van der Waals surface area contributed by atoms with Crippen LogP contribution in [0.2, 0.25) is 5.02 Å². The molecule has 1 amide bonds. The van der Waals surface area contributed by atoms with Crippen LogP contribution in [-0.2, 0) is 11.3 Å². The Morgan fingerprint density at radius 3 is 2.65 bits per heavy atom. The van der Waals surface area contributed by atoms with E-state index in [2.05, 4.69) is 10.3 Å². The number of hydrogen-bond acceptors (Lipinski definition) is 6. The van der Waals surface area contributed by atoms with E-state index in [4.69, 9.17) is 21.6 Å². The van der Waals surface area contributed by atoms with E-state index < -0.39 is 0 Å². The average Bonchev–Trinajstić information content (AvgIpc) is 2.85. The molecule has 0 saturated heterocycles. The number of aromatic nitrogens is 2. The van der Waals surface area contributed by atoms with Crippen LogP contribution in [-0.4, -0.2) is 28.3 Å². The molecule has 0 fully saturated rings. The SMILES string of the molecule is COc1ccc(Cn2c(SCC(=O)Nc3ccc(C#N)c(Cl)c3)nc3ccccc3c2=O)cc1. The van der Waals surface area contributed by atoms with E-state index in [1.165, 1.54) is 17.8 Å². The van der Waals surface area contributed by atoms with Gasteiger partial charge in [-0.2, -0.15) is 5.26 Å². The van der Waals surface area contributed by atoms with Gasteiger partial charge in [0.05, 0.1) is 40.9 Å². The molecule has 0 unspecified atom stereocenters. The maximum absolute atomic E-state index is 13.3. The van der Waals surface area contributed by atoms with Gasteiger partial charge >= 0.3 is 0 Å². The van der Waals surface area contributed by atoms with Gasteiger partial charge in [0.25, 0.3) is 5.56 Å². The molecule has 0 radical (unpaired) electrons. The topological polar surface area (TPSA) is 97.0 Å². The number of fused-ring (bicyclic) bond motifs is 1. The number of benzene rings is 3. The molecule has 7 nitrogen and oxygen atoms in total. The number of methoxy groups -OCH3 is 1. The molecule has 4 aromatic rings. The Kier molecular flexibility index (Phi) is 7.16. The van der Waals surface area contributed by atoms with E-state index >= 15 is 0 Å². The van der Waals surface area contributed by atoms with Crippen molar-refractivity contribution >= 4 is 45.9 Å². The summed E-state index contributed by atoms with van der Waals surface area (Å²) in [7, 11) is 1.60. The van der Waals surface area contributed by atoms with Crippen LogP contribution in [0.25, 0.3) is 10.9 Å². The van der Waals surface area contributed by atoms with E-state index in [1.54, 1.807) is 42.0 Å². The van der Waals surface area contributed by atoms with Gasteiger partial charge in [0, 0.05) is 5.69 Å². The van der Waals surface area contributed by atoms with E-state index in [0.717, 1.165) is 11.3 Å². The summed E-state index contributed by atoms with van der Waals surface area (Å²) in [5.41, 5.74) is 2.11. The zero-order chi connectivity index (χ0) is 24.1. The van der Waals surface area contributed by atoms with Crippen molar-refractivity contribution in [3.63, 3.8) is 0 Å². The molecular weight excluding hydrogens is 472 g/mol. The minimum absolute atomic E-state index is 0.0328. The van der Waals surface area contributed by atoms with Crippen molar-refractivity contribution in [2.45, 2.75) is 11.7 Å². The van der Waals surface area contributed by atoms with Crippen LogP contribution < -0.4 is 15.6 Å². The smallest absolute Gasteiger partial charge is 0.262 e. The predicted molar refractivity (Wildman–Crippen MR) is 134 cm³/mol. The summed E-state index contributed by atoms with van der Waals surface area (Å²) in [5, 5.41) is 13.0. The molecule has 1 N–H and O–H groups in total. The Bertz CT molecular complexity index is 1460. The van der Waals surface area contributed by atoms with Crippen molar-refractivity contribution in [3.05, 3.63) is 93.2 Å². The molecule has 0 bridgehead atoms. The van der Waals surface area contributed by atoms with Crippen molar-refractivity contribution < 1.29 is 9.53 Å². The molecule has 4 rings (SSSR count). The molecule has 0 aliphatic heterocycles. The predicted octanol–water partition coefficient (Wildman–Crippen LogP) is 4.71. The third-order valence-electron chi connectivity index (χ3n) is 5.03. The van der Waals surface area contributed by atoms with Crippen LogP contribution in [0.4, 0.5) is 5.69 Å². The highest BCUT2D eigenvalue weighted by Crippen LogP contribution is 2.22. The van der Waals surface area contributed by atoms with Gasteiger partial charge in [-0.15, -0.1) is 0 Å². The first-order valence-electron chi connectivity index (χ1n) is 10.2. The summed E-state index contributed by atoms with van der Waals surface area (Å²) in [4.78, 5) is 30.5. The van der Waals surface area contributed by atoms with E-state index in [0.29, 0.717) is 33.9 Å². The third kappa shape index (κ3) is 5.22. The van der Waals surface area contributed by atoms with Crippen LogP contribution in [0.1, 0.15) is 11.1 Å². The summed E-state index contributed by atoms with van der Waals surface area (Å²) >= 11 is 7.21. The zero-order valence-corrected chi connectivity index (χ0v) is 19.7. The largest absolute Gasteiger partial charge is 0.497 e. The molecule has 1 aromatic heterocycles. The van der Waals surface area contributed by atoms with Crippen LogP contribution in [0, 0.1) is 11.3 Å². The summed E-state index contributed by atoms with van der Waals surface area (Å²) in [6.07, 6.45) is 0. The van der Waals surface area contributed by atoms with Gasteiger partial charge in [-0.05, 0) is 48.0 Å². The fourth-order valence-corrected chi connectivity index (χ4v) is 4.34. The Morgan fingerprint density at radius 1 is 1.18 bits per heavy atom. The lowest BCUT2D eigenvalue weighted by Gasteiger charge is -2.14. The summed E-state index contributed by atoms with van der Waals surface area (Å²) < 4.78 is 6.78. The molecule has 0 aliphatic carbocycles. The Morgan fingerprint density at radius 2 is 1.94 bits per heavy atom. The fraction of sp³-hybridized carbons (Fsp3) is 0.120. The number of carbonyl (C=O) groups is 1. The number of ether oxygens (including phenoxy) is 1. The van der Waals surface area contributed by atoms with Crippen molar-refractivity contribution in [3.8, 4) is 11.8 Å². The highest BCUT2D eigenvalue weighted by Gasteiger charge is 2.14. The molecule has 1 heterocycles. The molecule has 170 valence electrons. The van der Waals surface area contributed by atoms with Gasteiger partial charge in [0.1, 0.15) is 11.8 Å². The van der Waals surface area contributed by atoms with Gasteiger partial charge in [-0.25, -0.2) is 4.98 Å². The number of halogens is 1. The Hall–Kier alpha value is -3.80. The van der Waals surface area contributed by atoms with E-state index in [-0.39, 0.29) is 22.2 Å². The second-order valence-corrected chi connectivity index (χ2v) is 8.64. The normalized spacial score (nSPS) is 10.6. The quantitative estimate of drug-likeness (QED) is 0.297. The molecule has 0 aliphatic rings. The van der Waals surface area contributed by atoms with E-state index in [1.807, 2.05) is 36.4 Å². The number of hydrogen-bond donors (Lipinski definition) is 1. The number of rotatable bonds is 7. The van der Waals surface area contributed by atoms with Crippen LogP contribution in [0.5, 0.6) is 5.75 Å². The lowest BCUT2D eigenvalue weighted by Crippen LogP contribution is -2.25. The lowest BCUT2D eigenvalue weighted by atomic mass is 10.2. The molecule has 0 atom stereocenters. The van der Waals surface area contributed by atoms with Crippen LogP contribution in [0.3, 0.4) is 0 Å². The first-order valence-corrected chi connectivity index (χ1v) is 11.6. The first-order chi connectivity index (χ1) is 16.5. The monoisotopic (exact) mass is 490 g/mol. The first kappa shape index (κ1) is 23.4. The molecular formula is C25H19ClN4O3S. The van der Waals surface area contributed by atoms with E-state index in [9.17, 15) is 9.59 Å². The minimum Gasteiger partial charge on any atom is -0.497 e. The Labute approximate surface area is 205 Å². The summed E-state index contributed by atoms with van der Waals surface area (Å²) in [6, 6.07) is 21.2. The second kappa shape index (κ2) is 10.4. The third-order valence-corrected chi connectivity index (χ3v) is 6.32. The summed E-state index contributed by atoms with van der Waals surface area (Å²) in [5.74, 6) is 0.469. The highest BCUT2D eigenvalue weighted by molar-refractivity contribution is 7.99. The molecule has 0 saturated carbocycles. The molecule has 0 spiro atoms. The number of anilines is 1. The molecule has 3 aromatic carbocycles. The number of amides is 1. The molecule has 9 heteroatoms. The number of nitrogens with zero attached hydrogens (tertiary/aromatic N) is 3. The van der Waals surface area contributed by atoms with Gasteiger partial charge in [-0.1, -0.05) is 47.6 Å². The number of thioether (sulfide) groups is 1. The average molecular weight is 491 g/mol. The van der Waals surface area contributed by atoms with Gasteiger partial charge in [0.15, 0.2) is 5.16 Å². The van der Waals surface area contributed by atoms with Crippen molar-refractivity contribution in [2.75, 3.05) is 18.2 Å². The molecule has 34 heavy (non-hydrogen) atoms. The standard InChI is InChI=1S/C25H19ClN4O3S/c1-33-19-10-6-16(7-11-19)14-30-24(32)20-4-2-3-5-22(20)29-25(30)34-15-23(31)28-18-9-8-17(13-27)21(26)12-18/h2-12H,14-15H2,1H3,(H,28,31). The van der Waals surface area contributed by atoms with Crippen LogP contribution in [0.15, 0.2) is 76.7 Å². The summed E-state index contributed by atoms with van der Waals surface area (Å²) in [6.45, 7) is 0.301. The lowest BCUT2D eigenvalue weighted by molar-refractivity contribution is -0.113. The van der Waals surface area contributed by atoms with Gasteiger partial charge in [-0.3, -0.25) is 14.2 Å². The second-order valence-electron chi connectivity index (χ2n) is 7.29. The number of carbonyl (C=O) groups excluding carboxylic acids is 1.